The minimum absolute atomic E-state index is 0.293. The fourth-order valence-electron chi connectivity index (χ4n) is 2.12. The van der Waals surface area contributed by atoms with Gasteiger partial charge in [0, 0.05) is 6.92 Å². The molecule has 0 aromatic rings. The van der Waals surface area contributed by atoms with Gasteiger partial charge in [0.2, 0.25) is 0 Å². The molecule has 0 spiro atoms. The van der Waals surface area contributed by atoms with Crippen LogP contribution in [0.15, 0.2) is 24.3 Å². The molecule has 84 valence electrons. The largest absolute Gasteiger partial charge is 0.367 e. The molecule has 0 bridgehead atoms. The van der Waals surface area contributed by atoms with Crippen molar-refractivity contribution in [2.24, 2.45) is 0 Å². The van der Waals surface area contributed by atoms with E-state index in [1.54, 1.807) is 5.06 Å². The van der Waals surface area contributed by atoms with Crippen molar-refractivity contribution in [2.45, 2.75) is 45.7 Å². The maximum Gasteiger partial charge on any atom is 0.322 e. The number of hydrogen-bond acceptors (Lipinski definition) is 3. The molecule has 0 N–H and O–H groups in total. The highest BCUT2D eigenvalue weighted by atomic mass is 16.7. The minimum atomic E-state index is -0.322. The first kappa shape index (κ1) is 12.0. The molecule has 3 nitrogen and oxygen atoms in total. The number of hydroxylamine groups is 2. The Morgan fingerprint density at radius 1 is 1.47 bits per heavy atom. The van der Waals surface area contributed by atoms with Crippen LogP contribution in [0.1, 0.15) is 34.6 Å². The second-order valence-corrected chi connectivity index (χ2v) is 4.89. The van der Waals surface area contributed by atoms with Gasteiger partial charge in [-0.25, -0.2) is 0 Å². The van der Waals surface area contributed by atoms with Crippen LogP contribution in [0, 0.1) is 0 Å². The summed E-state index contributed by atoms with van der Waals surface area (Å²) in [6.07, 6.45) is 3.88. The zero-order chi connectivity index (χ0) is 11.9. The highest BCUT2D eigenvalue weighted by Gasteiger charge is 2.47. The van der Waals surface area contributed by atoms with Crippen molar-refractivity contribution < 1.29 is 9.63 Å². The highest BCUT2D eigenvalue weighted by molar-refractivity contribution is 5.66. The van der Waals surface area contributed by atoms with Crippen LogP contribution in [-0.2, 0) is 9.63 Å². The Labute approximate surface area is 91.4 Å². The fraction of sp³-hybridized carbons (Fsp3) is 0.583. The van der Waals surface area contributed by atoms with Crippen LogP contribution < -0.4 is 0 Å². The number of hydrogen-bond donors (Lipinski definition) is 0. The van der Waals surface area contributed by atoms with Crippen LogP contribution in [0.5, 0.6) is 0 Å². The van der Waals surface area contributed by atoms with Crippen molar-refractivity contribution in [3.63, 3.8) is 0 Å². The molecule has 0 saturated carbocycles. The predicted molar refractivity (Wildman–Crippen MR) is 60.0 cm³/mol. The van der Waals surface area contributed by atoms with Crippen LogP contribution in [0.2, 0.25) is 0 Å². The summed E-state index contributed by atoms with van der Waals surface area (Å²) < 4.78 is 0. The SMILES string of the molecule is C=CC1=CC(C)(C)N(OC(C)=O)C1(C)C. The first-order chi connectivity index (χ1) is 6.71. The van der Waals surface area contributed by atoms with Gasteiger partial charge in [-0.1, -0.05) is 18.7 Å². The van der Waals surface area contributed by atoms with Gasteiger partial charge in [-0.2, -0.15) is 0 Å². The van der Waals surface area contributed by atoms with E-state index in [0.29, 0.717) is 0 Å². The van der Waals surface area contributed by atoms with E-state index in [9.17, 15) is 4.79 Å². The Morgan fingerprint density at radius 2 is 2.00 bits per heavy atom. The van der Waals surface area contributed by atoms with Crippen molar-refractivity contribution in [1.29, 1.82) is 0 Å². The Morgan fingerprint density at radius 3 is 2.33 bits per heavy atom. The molecule has 0 saturated heterocycles. The van der Waals surface area contributed by atoms with Crippen LogP contribution in [-0.4, -0.2) is 22.1 Å². The number of nitrogens with zero attached hydrogens (tertiary/aromatic N) is 1. The van der Waals surface area contributed by atoms with Crippen molar-refractivity contribution in [2.75, 3.05) is 0 Å². The van der Waals surface area contributed by atoms with E-state index < -0.39 is 0 Å². The molecule has 0 atom stereocenters. The Kier molecular flexibility index (Phi) is 2.79. The van der Waals surface area contributed by atoms with Gasteiger partial charge in [-0.05, 0) is 33.3 Å². The summed E-state index contributed by atoms with van der Waals surface area (Å²) in [6, 6.07) is 0. The summed E-state index contributed by atoms with van der Waals surface area (Å²) in [7, 11) is 0. The van der Waals surface area contributed by atoms with Crippen LogP contribution in [0.3, 0.4) is 0 Å². The lowest BCUT2D eigenvalue weighted by atomic mass is 9.97. The first-order valence-corrected chi connectivity index (χ1v) is 5.06. The summed E-state index contributed by atoms with van der Waals surface area (Å²) in [5.41, 5.74) is 0.462. The van der Waals surface area contributed by atoms with Crippen molar-refractivity contribution in [3.05, 3.63) is 24.3 Å². The third-order valence-electron chi connectivity index (χ3n) is 2.69. The summed E-state index contributed by atoms with van der Waals surface area (Å²) in [5.74, 6) is -0.296. The molecule has 0 fully saturated rings. The van der Waals surface area contributed by atoms with E-state index in [0.717, 1.165) is 5.57 Å². The maximum atomic E-state index is 11.1. The average molecular weight is 209 g/mol. The molecule has 1 rings (SSSR count). The van der Waals surface area contributed by atoms with Gasteiger partial charge in [0.1, 0.15) is 0 Å². The Hall–Kier alpha value is -1.09. The van der Waals surface area contributed by atoms with Crippen molar-refractivity contribution >= 4 is 5.97 Å². The molecule has 0 aromatic carbocycles. The smallest absolute Gasteiger partial charge is 0.322 e. The molecule has 1 aliphatic heterocycles. The third-order valence-corrected chi connectivity index (χ3v) is 2.69. The van der Waals surface area contributed by atoms with Crippen molar-refractivity contribution in [1.82, 2.24) is 5.06 Å². The maximum absolute atomic E-state index is 11.1. The van der Waals surface area contributed by atoms with Gasteiger partial charge in [-0.15, -0.1) is 5.06 Å². The zero-order valence-electron chi connectivity index (χ0n) is 10.1. The molecular formula is C12H19NO2. The number of carbonyl (C=O) groups excluding carboxylic acids is 1. The molecule has 1 aliphatic rings. The summed E-state index contributed by atoms with van der Waals surface area (Å²) >= 11 is 0. The standard InChI is InChI=1S/C12H19NO2/c1-7-10-8-11(3,4)13(12(10,5)6)15-9(2)14/h7-8H,1H2,2-6H3. The third kappa shape index (κ3) is 1.97. The molecular weight excluding hydrogens is 190 g/mol. The molecule has 0 amide bonds. The van der Waals surface area contributed by atoms with Gasteiger partial charge in [0.05, 0.1) is 11.1 Å². The second kappa shape index (κ2) is 3.49. The molecule has 1 heterocycles. The molecule has 0 radical (unpaired) electrons. The van der Waals surface area contributed by atoms with E-state index in [4.69, 9.17) is 4.84 Å². The zero-order valence-corrected chi connectivity index (χ0v) is 10.1. The van der Waals surface area contributed by atoms with E-state index >= 15 is 0 Å². The number of rotatable bonds is 2. The van der Waals surface area contributed by atoms with E-state index in [-0.39, 0.29) is 17.0 Å². The number of carbonyl (C=O) groups is 1. The lowest BCUT2D eigenvalue weighted by molar-refractivity contribution is -0.227. The van der Waals surface area contributed by atoms with Crippen molar-refractivity contribution in [3.8, 4) is 0 Å². The Balaban J connectivity index is 3.08. The predicted octanol–water partition coefficient (Wildman–Crippen LogP) is 2.45. The molecule has 15 heavy (non-hydrogen) atoms. The van der Waals surface area contributed by atoms with E-state index in [1.165, 1.54) is 6.92 Å². The Bertz CT molecular complexity index is 327. The van der Waals surface area contributed by atoms with Gasteiger partial charge in [-0.3, -0.25) is 4.79 Å². The lowest BCUT2D eigenvalue weighted by Gasteiger charge is -2.38. The molecule has 0 unspecified atom stereocenters. The molecule has 3 heteroatoms. The van der Waals surface area contributed by atoms with Crippen LogP contribution >= 0.6 is 0 Å². The summed E-state index contributed by atoms with van der Waals surface area (Å²) in [4.78, 5) is 16.3. The summed E-state index contributed by atoms with van der Waals surface area (Å²) in [6.45, 7) is 13.2. The first-order valence-electron chi connectivity index (χ1n) is 5.06. The second-order valence-electron chi connectivity index (χ2n) is 4.89. The minimum Gasteiger partial charge on any atom is -0.367 e. The van der Waals surface area contributed by atoms with E-state index in [2.05, 4.69) is 12.7 Å². The molecule has 0 aromatic heterocycles. The van der Waals surface area contributed by atoms with Crippen LogP contribution in [0.4, 0.5) is 0 Å². The van der Waals surface area contributed by atoms with Gasteiger partial charge < -0.3 is 4.84 Å². The lowest BCUT2D eigenvalue weighted by Crippen LogP contribution is -2.50. The normalized spacial score (nSPS) is 23.4. The topological polar surface area (TPSA) is 29.5 Å². The average Bonchev–Trinajstić information content (AvgIpc) is 2.24. The monoisotopic (exact) mass is 209 g/mol. The van der Waals surface area contributed by atoms with Gasteiger partial charge in [0.15, 0.2) is 0 Å². The quantitative estimate of drug-likeness (QED) is 0.699. The summed E-state index contributed by atoms with van der Waals surface area (Å²) in [5, 5.41) is 1.72. The molecule has 0 aliphatic carbocycles. The van der Waals surface area contributed by atoms with Gasteiger partial charge in [0.25, 0.3) is 0 Å². The fourth-order valence-corrected chi connectivity index (χ4v) is 2.12. The van der Waals surface area contributed by atoms with Gasteiger partial charge >= 0.3 is 5.97 Å². The van der Waals surface area contributed by atoms with E-state index in [1.807, 2.05) is 33.8 Å². The van der Waals surface area contributed by atoms with Crippen LogP contribution in [0.25, 0.3) is 0 Å². The highest BCUT2D eigenvalue weighted by Crippen LogP contribution is 2.40.